The Morgan fingerprint density at radius 3 is 3.08 bits per heavy atom. The number of hydrogen-bond acceptors (Lipinski definition) is 4. The maximum Gasteiger partial charge on any atom is 0.150 e. The summed E-state index contributed by atoms with van der Waals surface area (Å²) in [5.74, 6) is 0.802. The highest BCUT2D eigenvalue weighted by atomic mass is 16.3. The molecule has 5 nitrogen and oxygen atoms in total. The van der Waals surface area contributed by atoms with Gasteiger partial charge >= 0.3 is 0 Å². The minimum atomic E-state index is -0.187. The fraction of sp³-hybridized carbons (Fsp3) is 0.750. The van der Waals surface area contributed by atoms with E-state index in [0.29, 0.717) is 12.5 Å². The third-order valence-electron chi connectivity index (χ3n) is 2.31. The average Bonchev–Trinajstić information content (AvgIpc) is 2.84. The predicted octanol–water partition coefficient (Wildman–Crippen LogP) is -0.00480. The van der Waals surface area contributed by atoms with Crippen molar-refractivity contribution in [2.45, 2.75) is 31.3 Å². The van der Waals surface area contributed by atoms with Crippen LogP contribution in [0.1, 0.15) is 37.2 Å². The monoisotopic (exact) mass is 182 g/mol. The van der Waals surface area contributed by atoms with Gasteiger partial charge in [-0.05, 0) is 19.3 Å². The zero-order valence-electron chi connectivity index (χ0n) is 7.43. The lowest BCUT2D eigenvalue weighted by molar-refractivity contribution is 0.273. The maximum atomic E-state index is 8.74. The van der Waals surface area contributed by atoms with Crippen LogP contribution in [0.5, 0.6) is 0 Å². The van der Waals surface area contributed by atoms with Gasteiger partial charge in [-0.1, -0.05) is 0 Å². The molecule has 1 aliphatic rings. The first-order chi connectivity index (χ1) is 6.33. The second-order valence-electron chi connectivity index (χ2n) is 3.45. The van der Waals surface area contributed by atoms with Crippen LogP contribution in [0.3, 0.4) is 0 Å². The lowest BCUT2D eigenvalue weighted by Crippen LogP contribution is -2.17. The Morgan fingerprint density at radius 1 is 1.69 bits per heavy atom. The lowest BCUT2D eigenvalue weighted by atomic mass is 10.2. The van der Waals surface area contributed by atoms with Crippen LogP contribution in [0.15, 0.2) is 6.33 Å². The van der Waals surface area contributed by atoms with E-state index in [1.165, 1.54) is 12.8 Å². The first kappa shape index (κ1) is 8.65. The molecule has 1 atom stereocenters. The summed E-state index contributed by atoms with van der Waals surface area (Å²) in [5, 5.41) is 16.6. The molecule has 0 amide bonds. The topological polar surface area (TPSA) is 77.0 Å². The number of nitrogens with two attached hydrogens (primary N) is 1. The molecule has 1 heterocycles. The molecule has 72 valence electrons. The van der Waals surface area contributed by atoms with Crippen LogP contribution in [0.2, 0.25) is 0 Å². The van der Waals surface area contributed by atoms with Crippen LogP contribution in [0.25, 0.3) is 0 Å². The van der Waals surface area contributed by atoms with E-state index < -0.39 is 0 Å². The van der Waals surface area contributed by atoms with Crippen molar-refractivity contribution in [1.82, 2.24) is 14.8 Å². The van der Waals surface area contributed by atoms with E-state index in [9.17, 15) is 0 Å². The Hall–Kier alpha value is -0.940. The van der Waals surface area contributed by atoms with Crippen molar-refractivity contribution in [3.05, 3.63) is 12.2 Å². The van der Waals surface area contributed by atoms with Crippen LogP contribution in [0.4, 0.5) is 0 Å². The highest BCUT2D eigenvalue weighted by Gasteiger charge is 2.27. The number of rotatable bonds is 4. The second kappa shape index (κ2) is 3.43. The third kappa shape index (κ3) is 1.71. The highest BCUT2D eigenvalue weighted by Crippen LogP contribution is 2.36. The smallest absolute Gasteiger partial charge is 0.150 e. The van der Waals surface area contributed by atoms with Gasteiger partial charge in [0.2, 0.25) is 0 Å². The average molecular weight is 182 g/mol. The molecule has 1 aromatic rings. The normalized spacial score (nSPS) is 18.9. The zero-order valence-corrected chi connectivity index (χ0v) is 7.43. The zero-order chi connectivity index (χ0) is 9.26. The number of nitrogens with zero attached hydrogens (tertiary/aromatic N) is 3. The quantitative estimate of drug-likeness (QED) is 0.687. The van der Waals surface area contributed by atoms with Crippen molar-refractivity contribution in [3.8, 4) is 0 Å². The minimum absolute atomic E-state index is 0.0959. The summed E-state index contributed by atoms with van der Waals surface area (Å²) in [6, 6.07) is 0.364. The SMILES string of the molecule is NC(CCO)c1nncn1C1CC1. The van der Waals surface area contributed by atoms with E-state index in [1.807, 2.05) is 4.57 Å². The van der Waals surface area contributed by atoms with Gasteiger partial charge in [0.15, 0.2) is 0 Å². The molecule has 1 saturated carbocycles. The van der Waals surface area contributed by atoms with Gasteiger partial charge in [0, 0.05) is 12.6 Å². The molecule has 0 aromatic carbocycles. The van der Waals surface area contributed by atoms with Gasteiger partial charge in [-0.3, -0.25) is 0 Å². The first-order valence-electron chi connectivity index (χ1n) is 4.58. The number of aliphatic hydroxyl groups excluding tert-OH is 1. The van der Waals surface area contributed by atoms with Crippen LogP contribution >= 0.6 is 0 Å². The van der Waals surface area contributed by atoms with E-state index in [4.69, 9.17) is 10.8 Å². The van der Waals surface area contributed by atoms with E-state index in [1.54, 1.807) is 6.33 Å². The summed E-state index contributed by atoms with van der Waals surface area (Å²) in [7, 11) is 0. The fourth-order valence-corrected chi connectivity index (χ4v) is 1.42. The molecule has 2 rings (SSSR count). The Kier molecular flexibility index (Phi) is 2.28. The molecule has 13 heavy (non-hydrogen) atoms. The second-order valence-corrected chi connectivity index (χ2v) is 3.45. The summed E-state index contributed by atoms with van der Waals surface area (Å²) < 4.78 is 2.03. The van der Waals surface area contributed by atoms with Crippen molar-refractivity contribution in [3.63, 3.8) is 0 Å². The molecule has 0 saturated heterocycles. The fourth-order valence-electron chi connectivity index (χ4n) is 1.42. The maximum absolute atomic E-state index is 8.74. The van der Waals surface area contributed by atoms with Crippen molar-refractivity contribution in [2.24, 2.45) is 5.73 Å². The third-order valence-corrected chi connectivity index (χ3v) is 2.31. The number of hydrogen-bond donors (Lipinski definition) is 2. The standard InChI is InChI=1S/C8H14N4O/c9-7(3-4-13)8-11-10-5-12(8)6-1-2-6/h5-7,13H,1-4,9H2. The van der Waals surface area contributed by atoms with Gasteiger partial charge in [-0.2, -0.15) is 0 Å². The van der Waals surface area contributed by atoms with Gasteiger partial charge < -0.3 is 15.4 Å². The Labute approximate surface area is 76.6 Å². The molecule has 1 aliphatic carbocycles. The van der Waals surface area contributed by atoms with Gasteiger partial charge in [0.1, 0.15) is 12.2 Å². The summed E-state index contributed by atoms with van der Waals surface area (Å²) in [6.45, 7) is 0.0959. The van der Waals surface area contributed by atoms with Gasteiger partial charge in [-0.15, -0.1) is 10.2 Å². The van der Waals surface area contributed by atoms with Crippen LogP contribution in [-0.2, 0) is 0 Å². The number of aliphatic hydroxyl groups is 1. The Balaban J connectivity index is 2.13. The molecule has 1 unspecified atom stereocenters. The molecule has 0 radical (unpaired) electrons. The molecule has 0 spiro atoms. The summed E-state index contributed by atoms with van der Waals surface area (Å²) in [4.78, 5) is 0. The molecular weight excluding hydrogens is 168 g/mol. The van der Waals surface area contributed by atoms with Gasteiger partial charge in [0.05, 0.1) is 6.04 Å². The van der Waals surface area contributed by atoms with Crippen LogP contribution in [-0.4, -0.2) is 26.5 Å². The molecule has 1 fully saturated rings. The Bertz CT molecular complexity index is 281. The summed E-state index contributed by atoms with van der Waals surface area (Å²) >= 11 is 0. The molecule has 3 N–H and O–H groups in total. The highest BCUT2D eigenvalue weighted by molar-refractivity contribution is 4.99. The minimum Gasteiger partial charge on any atom is -0.396 e. The summed E-state index contributed by atoms with van der Waals surface area (Å²) in [5.41, 5.74) is 5.83. The Morgan fingerprint density at radius 2 is 2.46 bits per heavy atom. The van der Waals surface area contributed by atoms with Crippen molar-refractivity contribution >= 4 is 0 Å². The van der Waals surface area contributed by atoms with Crippen LogP contribution in [0, 0.1) is 0 Å². The molecule has 1 aromatic heterocycles. The van der Waals surface area contributed by atoms with E-state index in [-0.39, 0.29) is 12.6 Å². The molecular formula is C8H14N4O. The van der Waals surface area contributed by atoms with Gasteiger partial charge in [0.25, 0.3) is 0 Å². The van der Waals surface area contributed by atoms with Gasteiger partial charge in [-0.25, -0.2) is 0 Å². The largest absolute Gasteiger partial charge is 0.396 e. The predicted molar refractivity (Wildman–Crippen MR) is 46.9 cm³/mol. The van der Waals surface area contributed by atoms with E-state index in [2.05, 4.69) is 10.2 Å². The molecule has 0 aliphatic heterocycles. The van der Waals surface area contributed by atoms with Crippen LogP contribution < -0.4 is 5.73 Å². The van der Waals surface area contributed by atoms with Crippen molar-refractivity contribution < 1.29 is 5.11 Å². The van der Waals surface area contributed by atoms with Crippen molar-refractivity contribution in [2.75, 3.05) is 6.61 Å². The first-order valence-corrected chi connectivity index (χ1v) is 4.58. The van der Waals surface area contributed by atoms with E-state index in [0.717, 1.165) is 5.82 Å². The molecule has 0 bridgehead atoms. The summed E-state index contributed by atoms with van der Waals surface area (Å²) in [6.07, 6.45) is 4.66. The lowest BCUT2D eigenvalue weighted by Gasteiger charge is -2.10. The van der Waals surface area contributed by atoms with E-state index >= 15 is 0 Å². The number of aromatic nitrogens is 3. The van der Waals surface area contributed by atoms with Crippen molar-refractivity contribution in [1.29, 1.82) is 0 Å². The molecule has 5 heteroatoms.